The SMILES string of the molecule is O=[N+]([O-])c1ccc(C2SC=C3Sc4nncn4N32)o1. The van der Waals surface area contributed by atoms with Crippen molar-refractivity contribution in [3.8, 4) is 0 Å². The molecule has 0 N–H and O–H groups in total. The van der Waals surface area contributed by atoms with Gasteiger partial charge in [0.25, 0.3) is 0 Å². The summed E-state index contributed by atoms with van der Waals surface area (Å²) in [6, 6.07) is 2.99. The number of furan rings is 1. The van der Waals surface area contributed by atoms with Gasteiger partial charge in [-0.2, -0.15) is 0 Å². The van der Waals surface area contributed by atoms with Crippen LogP contribution in [-0.4, -0.2) is 19.8 Å². The Morgan fingerprint density at radius 1 is 1.47 bits per heavy atom. The molecule has 2 aliphatic heterocycles. The van der Waals surface area contributed by atoms with Gasteiger partial charge in [0.1, 0.15) is 22.0 Å². The summed E-state index contributed by atoms with van der Waals surface area (Å²) in [6.45, 7) is 0. The lowest BCUT2D eigenvalue weighted by molar-refractivity contribution is -0.402. The van der Waals surface area contributed by atoms with Gasteiger partial charge >= 0.3 is 5.88 Å². The Morgan fingerprint density at radius 3 is 3.16 bits per heavy atom. The molecule has 2 aromatic heterocycles. The van der Waals surface area contributed by atoms with Crippen LogP contribution in [0.15, 0.2) is 38.5 Å². The van der Waals surface area contributed by atoms with Crippen molar-refractivity contribution in [2.75, 3.05) is 5.01 Å². The molecule has 4 heterocycles. The Bertz CT molecular complexity index is 708. The predicted molar refractivity (Wildman–Crippen MR) is 67.9 cm³/mol. The first kappa shape index (κ1) is 10.9. The summed E-state index contributed by atoms with van der Waals surface area (Å²) in [4.78, 5) is 10.1. The van der Waals surface area contributed by atoms with E-state index in [1.807, 2.05) is 15.1 Å². The van der Waals surface area contributed by atoms with Gasteiger partial charge in [-0.3, -0.25) is 10.1 Å². The van der Waals surface area contributed by atoms with Gasteiger partial charge in [-0.05, 0) is 17.8 Å². The molecule has 0 fully saturated rings. The highest BCUT2D eigenvalue weighted by Crippen LogP contribution is 2.50. The van der Waals surface area contributed by atoms with Crippen LogP contribution in [0.3, 0.4) is 0 Å². The number of nitrogens with zero attached hydrogens (tertiary/aromatic N) is 5. The van der Waals surface area contributed by atoms with Gasteiger partial charge in [0.15, 0.2) is 5.37 Å². The Kier molecular flexibility index (Phi) is 2.17. The highest BCUT2D eigenvalue weighted by atomic mass is 32.2. The first-order chi connectivity index (χ1) is 9.24. The number of aromatic nitrogens is 3. The van der Waals surface area contributed by atoms with E-state index >= 15 is 0 Å². The maximum Gasteiger partial charge on any atom is 0.433 e. The van der Waals surface area contributed by atoms with Crippen molar-refractivity contribution in [3.05, 3.63) is 44.8 Å². The molecule has 0 radical (unpaired) electrons. The summed E-state index contributed by atoms with van der Waals surface area (Å²) < 4.78 is 7.09. The molecule has 1 unspecified atom stereocenters. The lowest BCUT2D eigenvalue weighted by Crippen LogP contribution is -2.28. The Morgan fingerprint density at radius 2 is 2.37 bits per heavy atom. The van der Waals surface area contributed by atoms with Crippen LogP contribution >= 0.6 is 23.5 Å². The fourth-order valence-electron chi connectivity index (χ4n) is 1.93. The molecule has 4 rings (SSSR count). The molecular formula is C9H5N5O3S2. The second-order valence-corrected chi connectivity index (χ2v) is 5.72. The van der Waals surface area contributed by atoms with Crippen LogP contribution in [0.1, 0.15) is 11.1 Å². The number of thioether (sulfide) groups is 2. The maximum atomic E-state index is 10.7. The van der Waals surface area contributed by atoms with Crippen molar-refractivity contribution < 1.29 is 9.34 Å². The largest absolute Gasteiger partial charge is 0.433 e. The molecule has 0 saturated carbocycles. The van der Waals surface area contributed by atoms with Gasteiger partial charge in [-0.1, -0.05) is 11.8 Å². The second kappa shape index (κ2) is 3.78. The number of hydrogen-bond acceptors (Lipinski definition) is 8. The predicted octanol–water partition coefficient (Wildman–Crippen LogP) is 2.07. The standard InChI is InChI=1S/C9H5N5O3S2/c15-14(16)6-2-1-5(17-6)8-13-7(3-18-8)19-9-11-10-4-12(9)13/h1-4,8H. The van der Waals surface area contributed by atoms with Gasteiger partial charge in [0, 0.05) is 5.41 Å². The van der Waals surface area contributed by atoms with Crippen molar-refractivity contribution >= 4 is 29.4 Å². The first-order valence-corrected chi connectivity index (χ1v) is 6.97. The zero-order valence-corrected chi connectivity index (χ0v) is 10.8. The van der Waals surface area contributed by atoms with Gasteiger partial charge in [0.2, 0.25) is 5.16 Å². The molecule has 0 saturated heterocycles. The quantitative estimate of drug-likeness (QED) is 0.614. The first-order valence-electron chi connectivity index (χ1n) is 5.21. The van der Waals surface area contributed by atoms with Crippen molar-refractivity contribution in [2.24, 2.45) is 0 Å². The van der Waals surface area contributed by atoms with E-state index in [1.54, 1.807) is 12.4 Å². The van der Waals surface area contributed by atoms with E-state index in [9.17, 15) is 10.1 Å². The summed E-state index contributed by atoms with van der Waals surface area (Å²) >= 11 is 3.03. The maximum absolute atomic E-state index is 10.7. The molecule has 19 heavy (non-hydrogen) atoms. The van der Waals surface area contributed by atoms with Gasteiger partial charge in [-0.25, -0.2) is 9.69 Å². The van der Waals surface area contributed by atoms with E-state index in [-0.39, 0.29) is 11.3 Å². The number of rotatable bonds is 2. The van der Waals surface area contributed by atoms with E-state index in [0.717, 1.165) is 10.2 Å². The molecule has 96 valence electrons. The Hall–Kier alpha value is -1.94. The van der Waals surface area contributed by atoms with Crippen LogP contribution in [-0.2, 0) is 0 Å². The number of hydrogen-bond donors (Lipinski definition) is 0. The summed E-state index contributed by atoms with van der Waals surface area (Å²) in [5, 5.41) is 24.0. The Balaban J connectivity index is 1.72. The van der Waals surface area contributed by atoms with Crippen LogP contribution in [0.2, 0.25) is 0 Å². The average molecular weight is 295 g/mol. The molecule has 0 spiro atoms. The number of nitro groups is 1. The van der Waals surface area contributed by atoms with E-state index in [4.69, 9.17) is 4.42 Å². The molecular weight excluding hydrogens is 290 g/mol. The van der Waals surface area contributed by atoms with Crippen LogP contribution in [0.25, 0.3) is 0 Å². The minimum absolute atomic E-state index is 0.173. The van der Waals surface area contributed by atoms with E-state index in [1.165, 1.54) is 29.6 Å². The van der Waals surface area contributed by atoms with Crippen molar-refractivity contribution in [3.63, 3.8) is 0 Å². The van der Waals surface area contributed by atoms with Crippen LogP contribution in [0.5, 0.6) is 0 Å². The van der Waals surface area contributed by atoms with Crippen LogP contribution < -0.4 is 5.01 Å². The molecule has 8 nitrogen and oxygen atoms in total. The van der Waals surface area contributed by atoms with Gasteiger partial charge < -0.3 is 4.42 Å². The summed E-state index contributed by atoms with van der Waals surface area (Å²) in [5.41, 5.74) is 0. The highest BCUT2D eigenvalue weighted by Gasteiger charge is 2.39. The summed E-state index contributed by atoms with van der Waals surface area (Å²) in [7, 11) is 0. The molecule has 10 heteroatoms. The minimum Gasteiger partial charge on any atom is -0.403 e. The molecule has 1 atom stereocenters. The zero-order valence-electron chi connectivity index (χ0n) is 9.16. The third kappa shape index (κ3) is 1.50. The van der Waals surface area contributed by atoms with E-state index in [2.05, 4.69) is 10.2 Å². The average Bonchev–Trinajstić information content (AvgIpc) is 3.08. The second-order valence-electron chi connectivity index (χ2n) is 3.78. The summed E-state index contributed by atoms with van der Waals surface area (Å²) in [6.07, 6.45) is 1.61. The van der Waals surface area contributed by atoms with Crippen LogP contribution in [0, 0.1) is 10.1 Å². The third-order valence-electron chi connectivity index (χ3n) is 2.71. The third-order valence-corrected chi connectivity index (χ3v) is 4.87. The van der Waals surface area contributed by atoms with Crippen molar-refractivity contribution in [1.29, 1.82) is 0 Å². The highest BCUT2D eigenvalue weighted by molar-refractivity contribution is 8.07. The molecule has 2 aliphatic rings. The van der Waals surface area contributed by atoms with E-state index < -0.39 is 4.92 Å². The monoisotopic (exact) mass is 295 g/mol. The van der Waals surface area contributed by atoms with Crippen LogP contribution in [0.4, 0.5) is 5.88 Å². The molecule has 0 aliphatic carbocycles. The fraction of sp³-hybridized carbons (Fsp3) is 0.111. The molecule has 0 bridgehead atoms. The van der Waals surface area contributed by atoms with Crippen molar-refractivity contribution in [1.82, 2.24) is 14.9 Å². The van der Waals surface area contributed by atoms with Gasteiger partial charge in [0.05, 0.1) is 6.07 Å². The molecule has 0 aromatic carbocycles. The van der Waals surface area contributed by atoms with E-state index in [0.29, 0.717) is 5.76 Å². The fourth-order valence-corrected chi connectivity index (χ4v) is 4.09. The number of fused-ring (bicyclic) bond motifs is 3. The smallest absolute Gasteiger partial charge is 0.403 e. The molecule has 2 aromatic rings. The lowest BCUT2D eigenvalue weighted by Gasteiger charge is -2.21. The summed E-state index contributed by atoms with van der Waals surface area (Å²) in [5.74, 6) is 0.282. The van der Waals surface area contributed by atoms with Gasteiger partial charge in [-0.15, -0.1) is 10.2 Å². The zero-order chi connectivity index (χ0) is 13.0. The van der Waals surface area contributed by atoms with Crippen molar-refractivity contribution in [2.45, 2.75) is 10.5 Å². The normalized spacial score (nSPS) is 20.3. The topological polar surface area (TPSA) is 90.2 Å². The minimum atomic E-state index is -0.541. The molecule has 0 amide bonds. The Labute approximate surface area is 114 Å². The lowest BCUT2D eigenvalue weighted by atomic mass is 10.4.